The number of carbonyl (C=O) groups is 1. The van der Waals surface area contributed by atoms with Gasteiger partial charge in [0.05, 0.1) is 0 Å². The van der Waals surface area contributed by atoms with Gasteiger partial charge in [0.25, 0.3) is 0 Å². The summed E-state index contributed by atoms with van der Waals surface area (Å²) in [5, 5.41) is 3.04. The Balaban J connectivity index is 1.76. The number of hydrogen-bond donors (Lipinski definition) is 1. The van der Waals surface area contributed by atoms with E-state index in [0.717, 1.165) is 53.8 Å². The highest BCUT2D eigenvalue weighted by Crippen LogP contribution is 2.23. The average molecular weight is 448 g/mol. The van der Waals surface area contributed by atoms with Gasteiger partial charge in [-0.05, 0) is 67.8 Å². The molecule has 150 valence electrons. The van der Waals surface area contributed by atoms with Crippen molar-refractivity contribution in [2.45, 2.75) is 39.3 Å². The zero-order valence-electron chi connectivity index (χ0n) is 16.4. The lowest BCUT2D eigenvalue weighted by molar-refractivity contribution is 0.126. The van der Waals surface area contributed by atoms with Crippen molar-refractivity contribution >= 4 is 27.6 Å². The number of urea groups is 1. The monoisotopic (exact) mass is 447 g/mol. The Labute approximate surface area is 174 Å². The van der Waals surface area contributed by atoms with Gasteiger partial charge in [0.1, 0.15) is 5.82 Å². The van der Waals surface area contributed by atoms with E-state index in [1.165, 1.54) is 12.1 Å². The minimum absolute atomic E-state index is 0.110. The van der Waals surface area contributed by atoms with E-state index in [-0.39, 0.29) is 17.9 Å². The lowest BCUT2D eigenvalue weighted by Gasteiger charge is -2.38. The van der Waals surface area contributed by atoms with Gasteiger partial charge in [-0.15, -0.1) is 0 Å². The van der Waals surface area contributed by atoms with Gasteiger partial charge in [0.15, 0.2) is 0 Å². The maximum Gasteiger partial charge on any atom is 0.322 e. The third-order valence-corrected chi connectivity index (χ3v) is 6.27. The normalized spacial score (nSPS) is 15.4. The molecule has 2 aromatic carbocycles. The van der Waals surface area contributed by atoms with Crippen LogP contribution in [0.1, 0.15) is 30.9 Å². The number of amides is 2. The molecule has 1 saturated heterocycles. The summed E-state index contributed by atoms with van der Waals surface area (Å²) in [5.74, 6) is -0.263. The van der Waals surface area contributed by atoms with E-state index in [1.54, 1.807) is 12.1 Å². The van der Waals surface area contributed by atoms with Gasteiger partial charge < -0.3 is 15.1 Å². The number of piperidine rings is 1. The van der Waals surface area contributed by atoms with Crippen LogP contribution in [0.5, 0.6) is 0 Å². The van der Waals surface area contributed by atoms with Crippen molar-refractivity contribution in [3.05, 3.63) is 63.9 Å². The smallest absolute Gasteiger partial charge is 0.317 e. The molecule has 1 fully saturated rings. The number of likely N-dealkylation sites (tertiary alicyclic amines) is 1. The zero-order valence-corrected chi connectivity index (χ0v) is 18.0. The Morgan fingerprint density at radius 1 is 1.21 bits per heavy atom. The fourth-order valence-corrected chi connectivity index (χ4v) is 3.86. The number of hydrogen-bond acceptors (Lipinski definition) is 2. The summed E-state index contributed by atoms with van der Waals surface area (Å²) in [5.41, 5.74) is 2.78. The molecule has 6 heteroatoms. The summed E-state index contributed by atoms with van der Waals surface area (Å²) in [6.45, 7) is 7.65. The second kappa shape index (κ2) is 9.52. The summed E-state index contributed by atoms with van der Waals surface area (Å²) in [7, 11) is 0. The average Bonchev–Trinajstić information content (AvgIpc) is 2.70. The van der Waals surface area contributed by atoms with Crippen LogP contribution in [0.4, 0.5) is 14.9 Å². The molecule has 3 rings (SSSR count). The van der Waals surface area contributed by atoms with E-state index in [1.807, 2.05) is 30.0 Å². The van der Waals surface area contributed by atoms with Crippen LogP contribution in [0.2, 0.25) is 0 Å². The SMILES string of the molecule is CCN1CCC(N(Cc2ccc(F)cc2)C(=O)Nc2ccc(Br)c(C)c2)CC1. The number of halogens is 2. The molecule has 0 atom stereocenters. The minimum atomic E-state index is -0.263. The van der Waals surface area contributed by atoms with Crippen LogP contribution in [0.25, 0.3) is 0 Å². The van der Waals surface area contributed by atoms with Crippen molar-refractivity contribution in [1.82, 2.24) is 9.80 Å². The molecule has 1 aliphatic heterocycles. The highest BCUT2D eigenvalue weighted by Gasteiger charge is 2.28. The summed E-state index contributed by atoms with van der Waals surface area (Å²) in [6.07, 6.45) is 1.89. The number of nitrogens with one attached hydrogen (secondary N) is 1. The van der Waals surface area contributed by atoms with Gasteiger partial charge in [-0.25, -0.2) is 9.18 Å². The maximum absolute atomic E-state index is 13.3. The highest BCUT2D eigenvalue weighted by molar-refractivity contribution is 9.10. The third kappa shape index (κ3) is 5.32. The molecule has 0 unspecified atom stereocenters. The molecule has 1 aliphatic rings. The van der Waals surface area contributed by atoms with E-state index in [2.05, 4.69) is 33.1 Å². The number of benzene rings is 2. The highest BCUT2D eigenvalue weighted by atomic mass is 79.9. The van der Waals surface area contributed by atoms with Crippen molar-refractivity contribution < 1.29 is 9.18 Å². The predicted octanol–water partition coefficient (Wildman–Crippen LogP) is 5.42. The van der Waals surface area contributed by atoms with Gasteiger partial charge >= 0.3 is 6.03 Å². The summed E-state index contributed by atoms with van der Waals surface area (Å²) in [6, 6.07) is 12.2. The molecule has 1 heterocycles. The van der Waals surface area contributed by atoms with Crippen LogP contribution in [-0.4, -0.2) is 41.5 Å². The van der Waals surface area contributed by atoms with Gasteiger partial charge in [-0.2, -0.15) is 0 Å². The van der Waals surface area contributed by atoms with Gasteiger partial charge in [0, 0.05) is 35.8 Å². The van der Waals surface area contributed by atoms with Crippen molar-refractivity contribution in [1.29, 1.82) is 0 Å². The van der Waals surface area contributed by atoms with E-state index < -0.39 is 0 Å². The molecule has 0 saturated carbocycles. The molecule has 0 bridgehead atoms. The molecule has 0 spiro atoms. The van der Waals surface area contributed by atoms with Crippen molar-refractivity contribution in [3.8, 4) is 0 Å². The van der Waals surface area contributed by atoms with Crippen molar-refractivity contribution in [3.63, 3.8) is 0 Å². The summed E-state index contributed by atoms with van der Waals surface area (Å²) < 4.78 is 14.3. The van der Waals surface area contributed by atoms with Crippen LogP contribution in [0.15, 0.2) is 46.9 Å². The molecule has 2 aromatic rings. The van der Waals surface area contributed by atoms with Crippen LogP contribution >= 0.6 is 15.9 Å². The first-order valence-corrected chi connectivity index (χ1v) is 10.6. The maximum atomic E-state index is 13.3. The van der Waals surface area contributed by atoms with Crippen LogP contribution in [0.3, 0.4) is 0 Å². The molecule has 1 N–H and O–H groups in total. The first-order chi connectivity index (χ1) is 13.5. The zero-order chi connectivity index (χ0) is 20.1. The fraction of sp³-hybridized carbons (Fsp3) is 0.409. The lowest BCUT2D eigenvalue weighted by Crippen LogP contribution is -2.48. The Morgan fingerprint density at radius 2 is 1.89 bits per heavy atom. The third-order valence-electron chi connectivity index (χ3n) is 5.38. The Hall–Kier alpha value is -1.92. The van der Waals surface area contributed by atoms with E-state index >= 15 is 0 Å². The Bertz CT molecular complexity index is 804. The first kappa shape index (κ1) is 20.8. The molecular formula is C22H27BrFN3O. The largest absolute Gasteiger partial charge is 0.322 e. The molecule has 28 heavy (non-hydrogen) atoms. The van der Waals surface area contributed by atoms with Gasteiger partial charge in [-0.3, -0.25) is 0 Å². The van der Waals surface area contributed by atoms with Crippen LogP contribution < -0.4 is 5.32 Å². The van der Waals surface area contributed by atoms with Crippen molar-refractivity contribution in [2.24, 2.45) is 0 Å². The summed E-state index contributed by atoms with van der Waals surface area (Å²) >= 11 is 3.49. The van der Waals surface area contributed by atoms with Crippen molar-refractivity contribution in [2.75, 3.05) is 25.0 Å². The number of carbonyl (C=O) groups excluding carboxylic acids is 1. The number of aryl methyl sites for hydroxylation is 1. The second-order valence-electron chi connectivity index (χ2n) is 7.31. The number of anilines is 1. The van der Waals surface area contributed by atoms with Gasteiger partial charge in [0.2, 0.25) is 0 Å². The van der Waals surface area contributed by atoms with E-state index in [9.17, 15) is 9.18 Å². The number of rotatable bonds is 5. The molecule has 0 radical (unpaired) electrons. The topological polar surface area (TPSA) is 35.6 Å². The van der Waals surface area contributed by atoms with E-state index in [0.29, 0.717) is 6.54 Å². The first-order valence-electron chi connectivity index (χ1n) is 9.77. The second-order valence-corrected chi connectivity index (χ2v) is 8.17. The Morgan fingerprint density at radius 3 is 2.50 bits per heavy atom. The van der Waals surface area contributed by atoms with E-state index in [4.69, 9.17) is 0 Å². The Kier molecular flexibility index (Phi) is 7.08. The molecule has 0 aliphatic carbocycles. The van der Waals surface area contributed by atoms with Crippen LogP contribution in [0, 0.1) is 12.7 Å². The lowest BCUT2D eigenvalue weighted by atomic mass is 10.0. The molecule has 4 nitrogen and oxygen atoms in total. The quantitative estimate of drug-likeness (QED) is 0.664. The molecular weight excluding hydrogens is 421 g/mol. The minimum Gasteiger partial charge on any atom is -0.317 e. The van der Waals surface area contributed by atoms with Gasteiger partial charge in [-0.1, -0.05) is 35.0 Å². The van der Waals surface area contributed by atoms with Crippen LogP contribution in [-0.2, 0) is 6.54 Å². The summed E-state index contributed by atoms with van der Waals surface area (Å²) in [4.78, 5) is 17.5. The number of nitrogens with zero attached hydrogens (tertiary/aromatic N) is 2. The molecule has 2 amide bonds. The molecule has 0 aromatic heterocycles. The fourth-order valence-electron chi connectivity index (χ4n) is 3.62. The predicted molar refractivity (Wildman–Crippen MR) is 115 cm³/mol. The standard InChI is InChI=1S/C22H27BrFN3O/c1-3-26-12-10-20(11-13-26)27(15-17-4-6-18(24)7-5-17)22(28)25-19-8-9-21(23)16(2)14-19/h4-9,14,20H,3,10-13,15H2,1-2H3,(H,25,28).